The fraction of sp³-hybridized carbons (Fsp3) is 0. The van der Waals surface area contributed by atoms with Crippen molar-refractivity contribution in [1.82, 2.24) is 0 Å². The first-order chi connectivity index (χ1) is 26.3. The standard InChI is InChI=1S/C52H33N/c1-3-10-34(11-4-1)36-24-28-42(29-25-36)53(43-30-26-37(27-31-43)35-12-5-2-6-13-35)44-32-41-23-22-40-15-8-18-46-45-17-7-14-38-20-21-39-16-9-19-47(51(39)49(38)45)48(33-44)52(41)50(40)46/h1-33H. The second-order valence-corrected chi connectivity index (χ2v) is 14.1. The van der Waals surface area contributed by atoms with Gasteiger partial charge in [0.05, 0.1) is 0 Å². The van der Waals surface area contributed by atoms with Crippen LogP contribution in [0.25, 0.3) is 86.9 Å². The van der Waals surface area contributed by atoms with Gasteiger partial charge in [0.2, 0.25) is 0 Å². The van der Waals surface area contributed by atoms with E-state index < -0.39 is 0 Å². The van der Waals surface area contributed by atoms with Crippen molar-refractivity contribution in [3.8, 4) is 22.3 Å². The monoisotopic (exact) mass is 671 g/mol. The largest absolute Gasteiger partial charge is 0.310 e. The summed E-state index contributed by atoms with van der Waals surface area (Å²) in [4.78, 5) is 2.42. The summed E-state index contributed by atoms with van der Waals surface area (Å²) in [5.41, 5.74) is 8.18. The third kappa shape index (κ3) is 4.71. The molecule has 0 radical (unpaired) electrons. The van der Waals surface area contributed by atoms with Crippen molar-refractivity contribution in [3.05, 3.63) is 200 Å². The maximum absolute atomic E-state index is 2.44. The van der Waals surface area contributed by atoms with Crippen LogP contribution in [0.4, 0.5) is 17.1 Å². The Morgan fingerprint density at radius 1 is 0.226 bits per heavy atom. The van der Waals surface area contributed by atoms with Gasteiger partial charge < -0.3 is 4.90 Å². The smallest absolute Gasteiger partial charge is 0.0474 e. The third-order valence-electron chi connectivity index (χ3n) is 11.1. The molecule has 11 rings (SSSR count). The van der Waals surface area contributed by atoms with Crippen molar-refractivity contribution in [2.45, 2.75) is 0 Å². The zero-order chi connectivity index (χ0) is 34.9. The number of fused-ring (bicyclic) bond motifs is 2. The molecule has 0 N–H and O–H groups in total. The number of benzene rings is 10. The van der Waals surface area contributed by atoms with Gasteiger partial charge in [0.1, 0.15) is 0 Å². The number of hydrogen-bond acceptors (Lipinski definition) is 1. The summed E-state index contributed by atoms with van der Waals surface area (Å²) in [5.74, 6) is 0. The van der Waals surface area contributed by atoms with Crippen LogP contribution in [-0.4, -0.2) is 0 Å². The highest BCUT2D eigenvalue weighted by molar-refractivity contribution is 6.37. The zero-order valence-electron chi connectivity index (χ0n) is 29.0. The first-order valence-corrected chi connectivity index (χ1v) is 18.3. The fourth-order valence-electron chi connectivity index (χ4n) is 8.71. The van der Waals surface area contributed by atoms with E-state index in [0.717, 1.165) is 17.1 Å². The van der Waals surface area contributed by atoms with Crippen LogP contribution in [-0.2, 0) is 0 Å². The molecule has 0 aliphatic carbocycles. The minimum atomic E-state index is 1.11. The number of hydrogen-bond donors (Lipinski definition) is 0. The molecule has 0 aliphatic rings. The Hall–Kier alpha value is -6.96. The van der Waals surface area contributed by atoms with Crippen molar-refractivity contribution in [1.29, 1.82) is 0 Å². The van der Waals surface area contributed by atoms with Crippen molar-refractivity contribution in [2.24, 2.45) is 0 Å². The summed E-state index contributed by atoms with van der Waals surface area (Å²) in [6, 6.07) is 73.7. The summed E-state index contributed by atoms with van der Waals surface area (Å²) in [7, 11) is 0. The minimum Gasteiger partial charge on any atom is -0.310 e. The number of nitrogens with zero attached hydrogens (tertiary/aromatic N) is 1. The highest BCUT2D eigenvalue weighted by atomic mass is 15.1. The molecule has 0 saturated carbocycles. The van der Waals surface area contributed by atoms with Crippen LogP contribution in [0.3, 0.4) is 0 Å². The Bertz CT molecular complexity index is 3040. The average Bonchev–Trinajstić information content (AvgIpc) is 3.23. The summed E-state index contributed by atoms with van der Waals surface area (Å²) in [6.45, 7) is 0. The molecule has 0 aliphatic heterocycles. The third-order valence-corrected chi connectivity index (χ3v) is 11.1. The van der Waals surface area contributed by atoms with Crippen LogP contribution in [0.2, 0.25) is 0 Å². The predicted octanol–water partition coefficient (Wildman–Crippen LogP) is 14.8. The Labute approximate surface area is 307 Å². The first kappa shape index (κ1) is 29.7. The molecule has 0 aromatic heterocycles. The van der Waals surface area contributed by atoms with E-state index in [1.54, 1.807) is 0 Å². The Balaban J connectivity index is 1.23. The molecule has 11 aromatic rings. The lowest BCUT2D eigenvalue weighted by Crippen LogP contribution is -2.10. The number of anilines is 3. The van der Waals surface area contributed by atoms with Gasteiger partial charge in [-0.1, -0.05) is 164 Å². The lowest BCUT2D eigenvalue weighted by Gasteiger charge is -2.27. The van der Waals surface area contributed by atoms with E-state index >= 15 is 0 Å². The Kier molecular flexibility index (Phi) is 6.62. The second-order valence-electron chi connectivity index (χ2n) is 14.1. The van der Waals surface area contributed by atoms with Crippen LogP contribution in [0.15, 0.2) is 200 Å². The van der Waals surface area contributed by atoms with E-state index in [9.17, 15) is 0 Å². The van der Waals surface area contributed by atoms with Crippen molar-refractivity contribution >= 4 is 81.7 Å². The van der Waals surface area contributed by atoms with Gasteiger partial charge in [0, 0.05) is 17.1 Å². The van der Waals surface area contributed by atoms with Gasteiger partial charge >= 0.3 is 0 Å². The van der Waals surface area contributed by atoms with Gasteiger partial charge in [-0.05, 0) is 123 Å². The molecule has 0 unspecified atom stereocenters. The minimum absolute atomic E-state index is 1.11. The van der Waals surface area contributed by atoms with Crippen LogP contribution in [0.1, 0.15) is 0 Å². The van der Waals surface area contributed by atoms with E-state index in [-0.39, 0.29) is 0 Å². The molecule has 0 fully saturated rings. The van der Waals surface area contributed by atoms with E-state index in [1.807, 2.05) is 0 Å². The molecule has 1 heteroatoms. The molecule has 11 aromatic carbocycles. The summed E-state index contributed by atoms with van der Waals surface area (Å²) >= 11 is 0. The van der Waals surface area contributed by atoms with Gasteiger partial charge in [-0.3, -0.25) is 0 Å². The molecular formula is C52H33N. The van der Waals surface area contributed by atoms with Crippen LogP contribution >= 0.6 is 0 Å². The second kappa shape index (κ2) is 11.8. The molecule has 1 nitrogen and oxygen atoms in total. The first-order valence-electron chi connectivity index (χ1n) is 18.3. The normalized spacial score (nSPS) is 11.8. The predicted molar refractivity (Wildman–Crippen MR) is 228 cm³/mol. The lowest BCUT2D eigenvalue weighted by molar-refractivity contribution is 1.29. The summed E-state index contributed by atoms with van der Waals surface area (Å²) in [6.07, 6.45) is 0. The highest BCUT2D eigenvalue weighted by Crippen LogP contribution is 2.46. The van der Waals surface area contributed by atoms with E-state index in [4.69, 9.17) is 0 Å². The van der Waals surface area contributed by atoms with Crippen molar-refractivity contribution < 1.29 is 0 Å². The van der Waals surface area contributed by atoms with Gasteiger partial charge in [-0.15, -0.1) is 0 Å². The van der Waals surface area contributed by atoms with E-state index in [2.05, 4.69) is 205 Å². The van der Waals surface area contributed by atoms with Crippen LogP contribution < -0.4 is 4.90 Å². The van der Waals surface area contributed by atoms with Gasteiger partial charge in [0.25, 0.3) is 0 Å². The topological polar surface area (TPSA) is 3.24 Å². The molecule has 0 heterocycles. The molecule has 0 spiro atoms. The van der Waals surface area contributed by atoms with Crippen molar-refractivity contribution in [3.63, 3.8) is 0 Å². The molecule has 0 bridgehead atoms. The van der Waals surface area contributed by atoms with Gasteiger partial charge in [-0.25, -0.2) is 0 Å². The SMILES string of the molecule is c1ccc(-c2ccc(N(c3ccc(-c4ccccc4)cc3)c3cc4ccc5cccc6c7cccc8ccc9cccc(c(c3)c4c56)c9c87)cc2)cc1. The van der Waals surface area contributed by atoms with E-state index in [1.165, 1.54) is 86.9 Å². The molecule has 246 valence electrons. The summed E-state index contributed by atoms with van der Waals surface area (Å²) in [5, 5.41) is 15.4. The average molecular weight is 672 g/mol. The summed E-state index contributed by atoms with van der Waals surface area (Å²) < 4.78 is 0. The van der Waals surface area contributed by atoms with Gasteiger partial charge in [-0.2, -0.15) is 0 Å². The Morgan fingerprint density at radius 2 is 0.604 bits per heavy atom. The van der Waals surface area contributed by atoms with Crippen molar-refractivity contribution in [2.75, 3.05) is 4.90 Å². The molecule has 53 heavy (non-hydrogen) atoms. The zero-order valence-corrected chi connectivity index (χ0v) is 29.0. The van der Waals surface area contributed by atoms with Crippen LogP contribution in [0, 0.1) is 0 Å². The number of rotatable bonds is 5. The molecule has 0 saturated heterocycles. The van der Waals surface area contributed by atoms with Gasteiger partial charge in [0.15, 0.2) is 0 Å². The fourth-order valence-corrected chi connectivity index (χ4v) is 8.71. The lowest BCUT2D eigenvalue weighted by atomic mass is 9.87. The quantitative estimate of drug-likeness (QED) is 0.165. The van der Waals surface area contributed by atoms with Crippen LogP contribution in [0.5, 0.6) is 0 Å². The van der Waals surface area contributed by atoms with E-state index in [0.29, 0.717) is 0 Å². The highest BCUT2D eigenvalue weighted by Gasteiger charge is 2.19. The molecule has 0 amide bonds. The molecular weight excluding hydrogens is 639 g/mol. The maximum atomic E-state index is 2.44. The maximum Gasteiger partial charge on any atom is 0.0474 e. The Morgan fingerprint density at radius 3 is 1.06 bits per heavy atom. The molecule has 0 atom stereocenters.